The SMILES string of the molecule is CN1C[C@]2(CCN(Cc3cccc(-c4ccc5ccccc5c4)c3)C2)OC1=O. The lowest BCUT2D eigenvalue weighted by molar-refractivity contribution is 0.0627. The molecule has 2 fully saturated rings. The molecule has 142 valence electrons. The maximum absolute atomic E-state index is 11.8. The van der Waals surface area contributed by atoms with Gasteiger partial charge in [-0.3, -0.25) is 4.90 Å². The molecular weight excluding hydrogens is 348 g/mol. The Bertz CT molecular complexity index is 1050. The second-order valence-corrected chi connectivity index (χ2v) is 8.13. The van der Waals surface area contributed by atoms with Crippen LogP contribution in [-0.4, -0.2) is 48.2 Å². The standard InChI is InChI=1S/C24H24N2O2/c1-25-16-24(28-23(25)27)11-12-26(17-24)15-18-5-4-8-20(13-18)22-10-9-19-6-2-3-7-21(19)14-22/h2-10,13-14H,11-12,15-17H2,1H3/t24-/m0/s1. The highest BCUT2D eigenvalue weighted by molar-refractivity contribution is 5.87. The lowest BCUT2D eigenvalue weighted by Crippen LogP contribution is -2.37. The lowest BCUT2D eigenvalue weighted by Gasteiger charge is -2.22. The Hall–Kier alpha value is -2.85. The van der Waals surface area contributed by atoms with Crippen molar-refractivity contribution in [2.75, 3.05) is 26.7 Å². The molecule has 28 heavy (non-hydrogen) atoms. The Morgan fingerprint density at radius 2 is 1.75 bits per heavy atom. The first kappa shape index (κ1) is 17.3. The molecule has 4 heteroatoms. The summed E-state index contributed by atoms with van der Waals surface area (Å²) in [6.07, 6.45) is 0.716. The highest BCUT2D eigenvalue weighted by Gasteiger charge is 2.48. The van der Waals surface area contributed by atoms with Crippen molar-refractivity contribution in [2.24, 2.45) is 0 Å². The van der Waals surface area contributed by atoms with E-state index < -0.39 is 0 Å². The summed E-state index contributed by atoms with van der Waals surface area (Å²) in [5.74, 6) is 0. The van der Waals surface area contributed by atoms with Gasteiger partial charge in [0, 0.05) is 33.1 Å². The number of carbonyl (C=O) groups excluding carboxylic acids is 1. The number of likely N-dealkylation sites (N-methyl/N-ethyl adjacent to an activating group) is 1. The molecule has 1 amide bonds. The summed E-state index contributed by atoms with van der Waals surface area (Å²) < 4.78 is 5.67. The molecule has 1 atom stereocenters. The van der Waals surface area contributed by atoms with Gasteiger partial charge in [-0.05, 0) is 39.6 Å². The Kier molecular flexibility index (Phi) is 4.09. The van der Waals surface area contributed by atoms with Crippen molar-refractivity contribution >= 4 is 16.9 Å². The molecule has 2 heterocycles. The fraction of sp³-hybridized carbons (Fsp3) is 0.292. The van der Waals surface area contributed by atoms with Crippen LogP contribution in [0.25, 0.3) is 21.9 Å². The molecular formula is C24H24N2O2. The first-order chi connectivity index (χ1) is 13.6. The molecule has 0 radical (unpaired) electrons. The van der Waals surface area contributed by atoms with Gasteiger partial charge in [0.25, 0.3) is 0 Å². The van der Waals surface area contributed by atoms with Crippen LogP contribution < -0.4 is 0 Å². The van der Waals surface area contributed by atoms with Crippen molar-refractivity contribution in [1.82, 2.24) is 9.80 Å². The zero-order chi connectivity index (χ0) is 19.1. The molecule has 4 nitrogen and oxygen atoms in total. The molecule has 0 N–H and O–H groups in total. The van der Waals surface area contributed by atoms with E-state index in [1.54, 1.807) is 4.90 Å². The minimum Gasteiger partial charge on any atom is -0.439 e. The fourth-order valence-corrected chi connectivity index (χ4v) is 4.54. The van der Waals surface area contributed by atoms with Crippen LogP contribution in [-0.2, 0) is 11.3 Å². The molecule has 2 aliphatic heterocycles. The number of carbonyl (C=O) groups is 1. The van der Waals surface area contributed by atoms with Crippen molar-refractivity contribution in [3.05, 3.63) is 72.3 Å². The molecule has 3 aromatic rings. The molecule has 0 saturated carbocycles. The highest BCUT2D eigenvalue weighted by atomic mass is 16.6. The largest absolute Gasteiger partial charge is 0.439 e. The number of likely N-dealkylation sites (tertiary alicyclic amines) is 1. The van der Waals surface area contributed by atoms with Crippen LogP contribution in [0.2, 0.25) is 0 Å². The minimum atomic E-state index is -0.318. The van der Waals surface area contributed by atoms with Crippen molar-refractivity contribution in [3.63, 3.8) is 0 Å². The lowest BCUT2D eigenvalue weighted by atomic mass is 9.99. The van der Waals surface area contributed by atoms with E-state index in [-0.39, 0.29) is 11.7 Å². The normalized spacial score (nSPS) is 22.3. The average Bonchev–Trinajstić information content (AvgIpc) is 3.22. The number of hydrogen-bond donors (Lipinski definition) is 0. The maximum Gasteiger partial charge on any atom is 0.410 e. The van der Waals surface area contributed by atoms with Gasteiger partial charge >= 0.3 is 6.09 Å². The zero-order valence-electron chi connectivity index (χ0n) is 16.1. The Labute approximate surface area is 165 Å². The monoisotopic (exact) mass is 372 g/mol. The average molecular weight is 372 g/mol. The molecule has 0 aromatic heterocycles. The third-order valence-electron chi connectivity index (χ3n) is 5.95. The van der Waals surface area contributed by atoms with Gasteiger partial charge < -0.3 is 9.64 Å². The molecule has 2 saturated heterocycles. The summed E-state index contributed by atoms with van der Waals surface area (Å²) in [6, 6.07) is 23.9. The smallest absolute Gasteiger partial charge is 0.410 e. The van der Waals surface area contributed by atoms with E-state index in [2.05, 4.69) is 71.6 Å². The number of fused-ring (bicyclic) bond motifs is 1. The number of amides is 1. The van der Waals surface area contributed by atoms with Gasteiger partial charge in [-0.1, -0.05) is 54.6 Å². The summed E-state index contributed by atoms with van der Waals surface area (Å²) >= 11 is 0. The van der Waals surface area contributed by atoms with Gasteiger partial charge in [-0.2, -0.15) is 0 Å². The van der Waals surface area contributed by atoms with Gasteiger partial charge in [-0.15, -0.1) is 0 Å². The van der Waals surface area contributed by atoms with E-state index in [9.17, 15) is 4.79 Å². The summed E-state index contributed by atoms with van der Waals surface area (Å²) in [5, 5.41) is 2.53. The van der Waals surface area contributed by atoms with E-state index in [1.807, 2.05) is 7.05 Å². The van der Waals surface area contributed by atoms with Gasteiger partial charge in [0.05, 0.1) is 6.54 Å². The Morgan fingerprint density at radius 1 is 0.929 bits per heavy atom. The molecule has 3 aromatic carbocycles. The quantitative estimate of drug-likeness (QED) is 0.677. The second-order valence-electron chi connectivity index (χ2n) is 8.13. The second kappa shape index (κ2) is 6.64. The maximum atomic E-state index is 11.8. The van der Waals surface area contributed by atoms with Crippen LogP contribution in [0.5, 0.6) is 0 Å². The van der Waals surface area contributed by atoms with Crippen LogP contribution in [0, 0.1) is 0 Å². The topological polar surface area (TPSA) is 32.8 Å². The zero-order valence-corrected chi connectivity index (χ0v) is 16.1. The van der Waals surface area contributed by atoms with Crippen molar-refractivity contribution in [2.45, 2.75) is 18.6 Å². The van der Waals surface area contributed by atoms with Crippen LogP contribution in [0.15, 0.2) is 66.7 Å². The number of ether oxygens (including phenoxy) is 1. The van der Waals surface area contributed by atoms with Gasteiger partial charge in [-0.25, -0.2) is 4.79 Å². The summed E-state index contributed by atoms with van der Waals surface area (Å²) in [7, 11) is 1.81. The molecule has 5 rings (SSSR count). The van der Waals surface area contributed by atoms with Crippen LogP contribution in [0.1, 0.15) is 12.0 Å². The Morgan fingerprint density at radius 3 is 2.57 bits per heavy atom. The van der Waals surface area contributed by atoms with Crippen molar-refractivity contribution in [1.29, 1.82) is 0 Å². The summed E-state index contributed by atoms with van der Waals surface area (Å²) in [5.41, 5.74) is 3.45. The minimum absolute atomic E-state index is 0.194. The van der Waals surface area contributed by atoms with E-state index >= 15 is 0 Å². The molecule has 2 aliphatic rings. The highest BCUT2D eigenvalue weighted by Crippen LogP contribution is 2.33. The van der Waals surface area contributed by atoms with Crippen LogP contribution in [0.3, 0.4) is 0 Å². The van der Waals surface area contributed by atoms with Gasteiger partial charge in [0.2, 0.25) is 0 Å². The molecule has 0 aliphatic carbocycles. The third kappa shape index (κ3) is 3.14. The predicted octanol–water partition coefficient (Wildman–Crippen LogP) is 4.53. The van der Waals surface area contributed by atoms with Gasteiger partial charge in [0.1, 0.15) is 5.60 Å². The third-order valence-corrected chi connectivity index (χ3v) is 5.95. The molecule has 1 spiro atoms. The fourth-order valence-electron chi connectivity index (χ4n) is 4.54. The van der Waals surface area contributed by atoms with Gasteiger partial charge in [0.15, 0.2) is 0 Å². The number of benzene rings is 3. The number of rotatable bonds is 3. The predicted molar refractivity (Wildman–Crippen MR) is 111 cm³/mol. The van der Waals surface area contributed by atoms with E-state index in [0.29, 0.717) is 6.54 Å². The number of hydrogen-bond acceptors (Lipinski definition) is 3. The van der Waals surface area contributed by atoms with E-state index in [0.717, 1.165) is 26.1 Å². The molecule has 0 unspecified atom stereocenters. The summed E-state index contributed by atoms with van der Waals surface area (Å²) in [6.45, 7) is 3.34. The van der Waals surface area contributed by atoms with E-state index in [4.69, 9.17) is 4.74 Å². The summed E-state index contributed by atoms with van der Waals surface area (Å²) in [4.78, 5) is 15.9. The Balaban J connectivity index is 1.34. The van der Waals surface area contributed by atoms with Crippen LogP contribution in [0.4, 0.5) is 4.79 Å². The number of nitrogens with zero attached hydrogens (tertiary/aromatic N) is 2. The van der Waals surface area contributed by atoms with E-state index in [1.165, 1.54) is 27.5 Å². The first-order valence-electron chi connectivity index (χ1n) is 9.85. The van der Waals surface area contributed by atoms with Crippen molar-refractivity contribution in [3.8, 4) is 11.1 Å². The van der Waals surface area contributed by atoms with Crippen molar-refractivity contribution < 1.29 is 9.53 Å². The molecule has 0 bridgehead atoms. The first-order valence-corrected chi connectivity index (χ1v) is 9.85. The van der Waals surface area contributed by atoms with Crippen LogP contribution >= 0.6 is 0 Å².